The maximum absolute atomic E-state index is 13.1. The molecule has 2 aromatic rings. The molecule has 1 aliphatic rings. The van der Waals surface area contributed by atoms with E-state index in [1.807, 2.05) is 0 Å². The molecule has 0 spiro atoms. The summed E-state index contributed by atoms with van der Waals surface area (Å²) in [5.74, 6) is -0.0844. The van der Waals surface area contributed by atoms with Crippen molar-refractivity contribution in [3.05, 3.63) is 48.0 Å². The molecule has 0 aromatic heterocycles. The highest BCUT2D eigenvalue weighted by molar-refractivity contribution is 7.92. The molecule has 1 N–H and O–H groups in total. The van der Waals surface area contributed by atoms with Crippen LogP contribution in [0.5, 0.6) is 5.75 Å². The van der Waals surface area contributed by atoms with Crippen LogP contribution in [0.15, 0.2) is 47.4 Å². The molecule has 3 rings (SSSR count). The molecular weight excluding hydrogens is 586 g/mol. The second kappa shape index (κ2) is 12.9. The number of halogens is 6. The normalized spacial score (nSPS) is 13.7. The molecule has 9 nitrogen and oxygen atoms in total. The molecule has 0 saturated carbocycles. The number of hydrogen-bond acceptors (Lipinski definition) is 7. The Morgan fingerprint density at radius 1 is 1.02 bits per heavy atom. The van der Waals surface area contributed by atoms with Crippen LogP contribution in [0, 0.1) is 0 Å². The van der Waals surface area contributed by atoms with E-state index in [1.54, 1.807) is 13.8 Å². The van der Waals surface area contributed by atoms with Crippen LogP contribution in [0.25, 0.3) is 0 Å². The average molecular weight is 615 g/mol. The monoisotopic (exact) mass is 614 g/mol. The van der Waals surface area contributed by atoms with Crippen molar-refractivity contribution >= 4 is 33.5 Å². The number of alkyl halides is 6. The highest BCUT2D eigenvalue weighted by atomic mass is 32.2. The molecule has 41 heavy (non-hydrogen) atoms. The lowest BCUT2D eigenvalue weighted by Gasteiger charge is -2.31. The molecule has 2 aromatic carbocycles. The Hall–Kier alpha value is -3.69. The van der Waals surface area contributed by atoms with Gasteiger partial charge in [-0.3, -0.25) is 14.4 Å². The number of carbonyl (C=O) groups excluding carboxylic acids is 2. The number of hydrogen-bond donors (Lipinski definition) is 1. The third kappa shape index (κ3) is 8.65. The molecule has 0 unspecified atom stereocenters. The van der Waals surface area contributed by atoms with Gasteiger partial charge in [-0.15, -0.1) is 0 Å². The van der Waals surface area contributed by atoms with Crippen LogP contribution in [0.1, 0.15) is 39.7 Å². The Balaban J connectivity index is 0.000000745. The molecule has 1 heterocycles. The fourth-order valence-corrected chi connectivity index (χ4v) is 4.67. The van der Waals surface area contributed by atoms with E-state index in [-0.39, 0.29) is 36.2 Å². The van der Waals surface area contributed by atoms with E-state index in [9.17, 15) is 44.3 Å². The molecule has 0 saturated heterocycles. The average Bonchev–Trinajstić information content (AvgIpc) is 2.87. The molecule has 228 valence electrons. The molecule has 1 amide bonds. The van der Waals surface area contributed by atoms with Crippen molar-refractivity contribution in [3.63, 3.8) is 0 Å². The summed E-state index contributed by atoms with van der Waals surface area (Å²) in [6, 6.07) is 6.76. The predicted octanol–water partition coefficient (Wildman–Crippen LogP) is 6.14. The van der Waals surface area contributed by atoms with Crippen LogP contribution in [0.2, 0.25) is 0 Å². The van der Waals surface area contributed by atoms with E-state index < -0.39 is 44.5 Å². The van der Waals surface area contributed by atoms with Crippen LogP contribution in [0.3, 0.4) is 0 Å². The molecule has 0 radical (unpaired) electrons. The molecular formula is C25H28F6N2O7S. The van der Waals surface area contributed by atoms with E-state index in [1.165, 1.54) is 12.1 Å². The first kappa shape index (κ1) is 33.5. The maximum atomic E-state index is 13.1. The van der Waals surface area contributed by atoms with Crippen molar-refractivity contribution < 1.29 is 58.6 Å². The number of ether oxygens (including phenoxy) is 3. The lowest BCUT2D eigenvalue weighted by Crippen LogP contribution is -2.44. The Bertz CT molecular complexity index is 1340. The van der Waals surface area contributed by atoms with Gasteiger partial charge >= 0.3 is 24.4 Å². The van der Waals surface area contributed by atoms with Crippen molar-refractivity contribution in [2.45, 2.75) is 57.0 Å². The van der Waals surface area contributed by atoms with Gasteiger partial charge in [0.25, 0.3) is 10.0 Å². The predicted molar refractivity (Wildman–Crippen MR) is 135 cm³/mol. The van der Waals surface area contributed by atoms with Gasteiger partial charge in [-0.05, 0) is 57.2 Å². The quantitative estimate of drug-likeness (QED) is 0.307. The van der Waals surface area contributed by atoms with Gasteiger partial charge in [0.2, 0.25) is 5.60 Å². The summed E-state index contributed by atoms with van der Waals surface area (Å²) in [5.41, 5.74) is -4.21. The highest BCUT2D eigenvalue weighted by Crippen LogP contribution is 2.39. The summed E-state index contributed by atoms with van der Waals surface area (Å²) in [7, 11) is -4.49. The SMILES string of the molecule is CC(C)(OC(=O)Nc1ccc2c(c1)N(S(=O)(=O)c1cccc(C(F)(F)F)c1)CCO2)C(F)(F)F.CCOC(=O)CC. The summed E-state index contributed by atoms with van der Waals surface area (Å²) in [6.45, 7) is 4.99. The first-order valence-electron chi connectivity index (χ1n) is 12.0. The van der Waals surface area contributed by atoms with Crippen LogP contribution >= 0.6 is 0 Å². The second-order valence-electron chi connectivity index (χ2n) is 8.81. The summed E-state index contributed by atoms with van der Waals surface area (Å²) < 4.78 is 119. The Morgan fingerprint density at radius 3 is 2.22 bits per heavy atom. The maximum Gasteiger partial charge on any atom is 0.427 e. The minimum absolute atomic E-state index is 0.0383. The molecule has 0 atom stereocenters. The number of nitrogens with one attached hydrogen (secondary N) is 1. The van der Waals surface area contributed by atoms with E-state index >= 15 is 0 Å². The van der Waals surface area contributed by atoms with Crippen LogP contribution < -0.4 is 14.4 Å². The van der Waals surface area contributed by atoms with Gasteiger partial charge in [0, 0.05) is 12.1 Å². The van der Waals surface area contributed by atoms with Crippen LogP contribution in [-0.4, -0.2) is 52.0 Å². The highest BCUT2D eigenvalue weighted by Gasteiger charge is 2.51. The smallest absolute Gasteiger partial charge is 0.427 e. The van der Waals surface area contributed by atoms with E-state index in [0.717, 1.165) is 28.6 Å². The van der Waals surface area contributed by atoms with E-state index in [2.05, 4.69) is 14.8 Å². The third-order valence-electron chi connectivity index (χ3n) is 5.40. The van der Waals surface area contributed by atoms with Crippen molar-refractivity contribution in [2.75, 3.05) is 29.4 Å². The van der Waals surface area contributed by atoms with Crippen molar-refractivity contribution in [2.24, 2.45) is 0 Å². The molecule has 0 bridgehead atoms. The van der Waals surface area contributed by atoms with Gasteiger partial charge in [0.05, 0.1) is 29.3 Å². The zero-order valence-electron chi connectivity index (χ0n) is 22.4. The number of benzene rings is 2. The van der Waals surface area contributed by atoms with Crippen LogP contribution in [-0.2, 0) is 30.5 Å². The lowest BCUT2D eigenvalue weighted by molar-refractivity contribution is -0.242. The second-order valence-corrected chi connectivity index (χ2v) is 10.7. The zero-order chi connectivity index (χ0) is 31.2. The van der Waals surface area contributed by atoms with Crippen molar-refractivity contribution in [3.8, 4) is 5.75 Å². The van der Waals surface area contributed by atoms with Gasteiger partial charge in [-0.2, -0.15) is 26.3 Å². The number of esters is 1. The largest absolute Gasteiger partial charge is 0.489 e. The standard InChI is InChI=1S/C20H18F6N2O5S.C5H10O2/c1-18(2,20(24,25)26)33-17(29)27-13-6-7-16-15(11-13)28(8-9-32-16)34(30,31)14-5-3-4-12(10-14)19(21,22)23;1-3-5(6)7-4-2/h3-7,10-11H,8-9H2,1-2H3,(H,27,29);3-4H2,1-2H3. The van der Waals surface area contributed by atoms with Crippen molar-refractivity contribution in [1.82, 2.24) is 0 Å². The summed E-state index contributed by atoms with van der Waals surface area (Å²) in [6.07, 6.45) is -10.6. The fraction of sp³-hybridized carbons (Fsp3) is 0.440. The fourth-order valence-electron chi connectivity index (χ4n) is 3.18. The minimum Gasteiger partial charge on any atom is -0.489 e. The first-order chi connectivity index (χ1) is 18.8. The topological polar surface area (TPSA) is 111 Å². The Morgan fingerprint density at radius 2 is 1.68 bits per heavy atom. The number of carbonyl (C=O) groups is 2. The Kier molecular flexibility index (Phi) is 10.5. The summed E-state index contributed by atoms with van der Waals surface area (Å²) in [4.78, 5) is 21.5. The minimum atomic E-state index is -4.84. The number of amides is 1. The third-order valence-corrected chi connectivity index (χ3v) is 7.21. The first-order valence-corrected chi connectivity index (χ1v) is 13.5. The Labute approximate surface area is 232 Å². The number of fused-ring (bicyclic) bond motifs is 1. The van der Waals surface area contributed by atoms with Gasteiger partial charge < -0.3 is 14.2 Å². The summed E-state index contributed by atoms with van der Waals surface area (Å²) >= 11 is 0. The number of sulfonamides is 1. The molecule has 0 aliphatic carbocycles. The molecule has 1 aliphatic heterocycles. The lowest BCUT2D eigenvalue weighted by atomic mass is 10.1. The molecule has 16 heteroatoms. The van der Waals surface area contributed by atoms with Crippen LogP contribution in [0.4, 0.5) is 42.5 Å². The molecule has 0 fully saturated rings. The number of nitrogens with zero attached hydrogens (tertiary/aromatic N) is 1. The van der Waals surface area contributed by atoms with Gasteiger partial charge in [0.15, 0.2) is 0 Å². The van der Waals surface area contributed by atoms with Gasteiger partial charge in [0.1, 0.15) is 12.4 Å². The summed E-state index contributed by atoms with van der Waals surface area (Å²) in [5, 5.41) is 2.07. The van der Waals surface area contributed by atoms with E-state index in [0.29, 0.717) is 32.9 Å². The number of anilines is 2. The van der Waals surface area contributed by atoms with Gasteiger partial charge in [-0.1, -0.05) is 13.0 Å². The zero-order valence-corrected chi connectivity index (χ0v) is 23.2. The van der Waals surface area contributed by atoms with E-state index in [4.69, 9.17) is 4.74 Å². The van der Waals surface area contributed by atoms with Crippen molar-refractivity contribution in [1.29, 1.82) is 0 Å². The number of rotatable bonds is 6. The van der Waals surface area contributed by atoms with Gasteiger partial charge in [-0.25, -0.2) is 13.2 Å².